The van der Waals surface area contributed by atoms with E-state index >= 15 is 0 Å². The van der Waals surface area contributed by atoms with E-state index in [-0.39, 0.29) is 5.91 Å². The van der Waals surface area contributed by atoms with Gasteiger partial charge in [0.1, 0.15) is 11.8 Å². The van der Waals surface area contributed by atoms with Crippen LogP contribution in [0.15, 0.2) is 66.7 Å². The Balaban J connectivity index is 1.88. The van der Waals surface area contributed by atoms with Gasteiger partial charge in [-0.3, -0.25) is 4.79 Å². The molecule has 3 aromatic carbocycles. The minimum atomic E-state index is -0.791. The fourth-order valence-corrected chi connectivity index (χ4v) is 2.99. The number of hydrogen-bond acceptors (Lipinski definition) is 4. The van der Waals surface area contributed by atoms with E-state index in [1.165, 1.54) is 14.2 Å². The van der Waals surface area contributed by atoms with Crippen molar-refractivity contribution in [1.82, 2.24) is 5.32 Å². The fourth-order valence-electron chi connectivity index (χ4n) is 2.99. The molecule has 0 aromatic heterocycles. The number of ether oxygens (including phenoxy) is 2. The molecule has 27 heavy (non-hydrogen) atoms. The number of benzene rings is 3. The topological polar surface area (TPSA) is 64.6 Å². The second kappa shape index (κ2) is 8.36. The van der Waals surface area contributed by atoms with Gasteiger partial charge in [0, 0.05) is 6.42 Å². The van der Waals surface area contributed by atoms with Crippen molar-refractivity contribution in [2.45, 2.75) is 12.5 Å². The molecule has 0 radical (unpaired) electrons. The van der Waals surface area contributed by atoms with E-state index in [4.69, 9.17) is 9.47 Å². The Hall–Kier alpha value is -3.34. The summed E-state index contributed by atoms with van der Waals surface area (Å²) >= 11 is 0. The zero-order chi connectivity index (χ0) is 19.2. The van der Waals surface area contributed by atoms with Crippen molar-refractivity contribution >= 4 is 22.6 Å². The largest absolute Gasteiger partial charge is 0.496 e. The monoisotopic (exact) mass is 363 g/mol. The molecule has 1 amide bonds. The molecular weight excluding hydrogens is 342 g/mol. The summed E-state index contributed by atoms with van der Waals surface area (Å²) in [6.45, 7) is 0. The number of methoxy groups -OCH3 is 2. The predicted octanol–water partition coefficient (Wildman–Crippen LogP) is 3.36. The van der Waals surface area contributed by atoms with Gasteiger partial charge in [-0.2, -0.15) is 0 Å². The SMILES string of the molecule is COC(=O)[C@H](Cc1ccccc1)NC(=O)c1cc2ccccc2cc1OC. The van der Waals surface area contributed by atoms with Crippen LogP contribution in [0, 0.1) is 0 Å². The van der Waals surface area contributed by atoms with E-state index in [1.807, 2.05) is 60.7 Å². The molecule has 0 saturated carbocycles. The quantitative estimate of drug-likeness (QED) is 0.682. The lowest BCUT2D eigenvalue weighted by atomic mass is 10.0. The lowest BCUT2D eigenvalue weighted by Crippen LogP contribution is -2.43. The molecule has 3 aromatic rings. The highest BCUT2D eigenvalue weighted by Gasteiger charge is 2.24. The molecule has 5 heteroatoms. The molecule has 0 aliphatic heterocycles. The molecule has 0 aliphatic rings. The Morgan fingerprint density at radius 1 is 0.926 bits per heavy atom. The third kappa shape index (κ3) is 4.26. The Kier molecular flexibility index (Phi) is 5.71. The molecule has 138 valence electrons. The van der Waals surface area contributed by atoms with Crippen LogP contribution in [0.2, 0.25) is 0 Å². The number of esters is 1. The number of rotatable bonds is 6. The molecule has 0 aliphatic carbocycles. The smallest absolute Gasteiger partial charge is 0.328 e. The van der Waals surface area contributed by atoms with Gasteiger partial charge >= 0.3 is 5.97 Å². The summed E-state index contributed by atoms with van der Waals surface area (Å²) in [5.74, 6) is -0.426. The summed E-state index contributed by atoms with van der Waals surface area (Å²) in [4.78, 5) is 25.1. The zero-order valence-corrected chi connectivity index (χ0v) is 15.3. The van der Waals surface area contributed by atoms with E-state index in [9.17, 15) is 9.59 Å². The van der Waals surface area contributed by atoms with E-state index in [0.717, 1.165) is 16.3 Å². The minimum Gasteiger partial charge on any atom is -0.496 e. The van der Waals surface area contributed by atoms with E-state index in [1.54, 1.807) is 6.07 Å². The van der Waals surface area contributed by atoms with Crippen LogP contribution in [0.1, 0.15) is 15.9 Å². The normalized spacial score (nSPS) is 11.6. The third-order valence-electron chi connectivity index (χ3n) is 4.39. The first-order valence-electron chi connectivity index (χ1n) is 8.61. The van der Waals surface area contributed by atoms with Crippen molar-refractivity contribution in [3.63, 3.8) is 0 Å². The average Bonchev–Trinajstić information content (AvgIpc) is 2.72. The molecule has 0 spiro atoms. The molecule has 0 saturated heterocycles. The number of nitrogens with one attached hydrogen (secondary N) is 1. The molecular formula is C22H21NO4. The van der Waals surface area contributed by atoms with Gasteiger partial charge in [-0.05, 0) is 28.5 Å². The van der Waals surface area contributed by atoms with Crippen molar-refractivity contribution in [3.8, 4) is 5.75 Å². The maximum atomic E-state index is 12.9. The summed E-state index contributed by atoms with van der Waals surface area (Å²) in [7, 11) is 2.83. The van der Waals surface area contributed by atoms with Crippen LogP contribution >= 0.6 is 0 Å². The van der Waals surface area contributed by atoms with Crippen LogP contribution in [-0.4, -0.2) is 32.1 Å². The standard InChI is InChI=1S/C22H21NO4/c1-26-20-14-17-11-7-6-10-16(17)13-18(20)21(24)23-19(22(25)27-2)12-15-8-4-3-5-9-15/h3-11,13-14,19H,12H2,1-2H3,(H,23,24)/t19-/m0/s1. The summed E-state index contributed by atoms with van der Waals surface area (Å²) in [5.41, 5.74) is 1.30. The lowest BCUT2D eigenvalue weighted by Gasteiger charge is -2.18. The first-order chi connectivity index (χ1) is 13.1. The van der Waals surface area contributed by atoms with Crippen molar-refractivity contribution in [1.29, 1.82) is 0 Å². The molecule has 5 nitrogen and oxygen atoms in total. The highest BCUT2D eigenvalue weighted by molar-refractivity contribution is 6.03. The van der Waals surface area contributed by atoms with Gasteiger partial charge in [0.05, 0.1) is 19.8 Å². The Morgan fingerprint density at radius 3 is 2.19 bits per heavy atom. The van der Waals surface area contributed by atoms with Crippen LogP contribution in [0.4, 0.5) is 0 Å². The van der Waals surface area contributed by atoms with Gasteiger partial charge in [-0.1, -0.05) is 54.6 Å². The van der Waals surface area contributed by atoms with Gasteiger partial charge in [-0.15, -0.1) is 0 Å². The second-order valence-electron chi connectivity index (χ2n) is 6.14. The van der Waals surface area contributed by atoms with Gasteiger partial charge in [0.2, 0.25) is 0 Å². The Morgan fingerprint density at radius 2 is 1.56 bits per heavy atom. The summed E-state index contributed by atoms with van der Waals surface area (Å²) < 4.78 is 10.2. The summed E-state index contributed by atoms with van der Waals surface area (Å²) in [6.07, 6.45) is 0.342. The van der Waals surface area contributed by atoms with Crippen molar-refractivity contribution in [3.05, 3.63) is 77.9 Å². The predicted molar refractivity (Wildman–Crippen MR) is 104 cm³/mol. The van der Waals surface area contributed by atoms with E-state index in [2.05, 4.69) is 5.32 Å². The van der Waals surface area contributed by atoms with Gasteiger partial charge < -0.3 is 14.8 Å². The Bertz CT molecular complexity index is 953. The van der Waals surface area contributed by atoms with Crippen LogP contribution < -0.4 is 10.1 Å². The van der Waals surface area contributed by atoms with Crippen molar-refractivity contribution in [2.75, 3.05) is 14.2 Å². The average molecular weight is 363 g/mol. The molecule has 1 atom stereocenters. The van der Waals surface area contributed by atoms with Gasteiger partial charge in [-0.25, -0.2) is 4.79 Å². The molecule has 0 heterocycles. The minimum absolute atomic E-state index is 0.342. The number of carbonyl (C=O) groups excluding carboxylic acids is 2. The summed E-state index contributed by atoms with van der Waals surface area (Å²) in [5, 5.41) is 4.67. The van der Waals surface area contributed by atoms with E-state index in [0.29, 0.717) is 17.7 Å². The summed E-state index contributed by atoms with van der Waals surface area (Å²) in [6, 6.07) is 20.0. The maximum Gasteiger partial charge on any atom is 0.328 e. The number of carbonyl (C=O) groups is 2. The molecule has 0 bridgehead atoms. The highest BCUT2D eigenvalue weighted by atomic mass is 16.5. The molecule has 0 unspecified atom stereocenters. The number of hydrogen-bond donors (Lipinski definition) is 1. The van der Waals surface area contributed by atoms with Crippen LogP contribution in [0.25, 0.3) is 10.8 Å². The maximum absolute atomic E-state index is 12.9. The van der Waals surface area contributed by atoms with Crippen molar-refractivity contribution < 1.29 is 19.1 Å². The van der Waals surface area contributed by atoms with Crippen molar-refractivity contribution in [2.24, 2.45) is 0 Å². The van der Waals surface area contributed by atoms with Gasteiger partial charge in [0.15, 0.2) is 0 Å². The zero-order valence-electron chi connectivity index (χ0n) is 15.3. The van der Waals surface area contributed by atoms with E-state index < -0.39 is 12.0 Å². The first kappa shape index (κ1) is 18.5. The third-order valence-corrected chi connectivity index (χ3v) is 4.39. The first-order valence-corrected chi connectivity index (χ1v) is 8.61. The molecule has 1 N–H and O–H groups in total. The van der Waals surface area contributed by atoms with Crippen LogP contribution in [0.3, 0.4) is 0 Å². The number of amides is 1. The fraction of sp³-hybridized carbons (Fsp3) is 0.182. The Labute approximate surface area is 157 Å². The lowest BCUT2D eigenvalue weighted by molar-refractivity contribution is -0.142. The number of fused-ring (bicyclic) bond motifs is 1. The van der Waals surface area contributed by atoms with Crippen LogP contribution in [0.5, 0.6) is 5.75 Å². The van der Waals surface area contributed by atoms with Crippen LogP contribution in [-0.2, 0) is 16.0 Å². The highest BCUT2D eigenvalue weighted by Crippen LogP contribution is 2.26. The van der Waals surface area contributed by atoms with Gasteiger partial charge in [0.25, 0.3) is 5.91 Å². The molecule has 3 rings (SSSR count). The second-order valence-corrected chi connectivity index (χ2v) is 6.14. The molecule has 0 fully saturated rings.